The van der Waals surface area contributed by atoms with E-state index in [-0.39, 0.29) is 0 Å². The summed E-state index contributed by atoms with van der Waals surface area (Å²) < 4.78 is 5.18. The molecule has 4 aromatic rings. The van der Waals surface area contributed by atoms with Gasteiger partial charge in [0.25, 0.3) is 0 Å². The Morgan fingerprint density at radius 1 is 0.900 bits per heavy atom. The van der Waals surface area contributed by atoms with Gasteiger partial charge in [0.2, 0.25) is 0 Å². The van der Waals surface area contributed by atoms with Crippen LogP contribution in [-0.2, 0) is 7.05 Å². The maximum absolute atomic E-state index is 4.69. The van der Waals surface area contributed by atoms with E-state index in [0.29, 0.717) is 0 Å². The molecule has 0 aliphatic heterocycles. The third-order valence-electron chi connectivity index (χ3n) is 3.66. The number of hydrogen-bond donors (Lipinski definition) is 0. The van der Waals surface area contributed by atoms with Crippen LogP contribution in [0.4, 0.5) is 0 Å². The minimum absolute atomic E-state index is 0.836. The van der Waals surface area contributed by atoms with Crippen molar-refractivity contribution in [2.24, 2.45) is 7.05 Å². The number of hydrogen-bond acceptors (Lipinski definition) is 1. The van der Waals surface area contributed by atoms with Crippen LogP contribution in [0.5, 0.6) is 0 Å². The van der Waals surface area contributed by atoms with E-state index in [1.54, 1.807) is 0 Å². The van der Waals surface area contributed by atoms with Gasteiger partial charge in [-0.25, -0.2) is 4.98 Å². The molecule has 2 aromatic heterocycles. The van der Waals surface area contributed by atoms with Gasteiger partial charge in [0.1, 0.15) is 11.3 Å². The van der Waals surface area contributed by atoms with Crippen molar-refractivity contribution < 1.29 is 0 Å². The molecule has 98 valence electrons. The molecule has 2 aromatic carbocycles. The summed E-state index contributed by atoms with van der Waals surface area (Å²) in [4.78, 5) is 4.69. The van der Waals surface area contributed by atoms with Crippen LogP contribution in [0.25, 0.3) is 27.9 Å². The minimum atomic E-state index is 0.836. The SMILES string of the molecule is Cn1c2ccccc2n2c(Br)nc(-c3ccccc3)c12. The maximum Gasteiger partial charge on any atom is 0.184 e. The van der Waals surface area contributed by atoms with Crippen molar-refractivity contribution in [2.75, 3.05) is 0 Å². The highest BCUT2D eigenvalue weighted by Crippen LogP contribution is 2.32. The van der Waals surface area contributed by atoms with Crippen LogP contribution >= 0.6 is 15.9 Å². The Bertz CT molecular complexity index is 919. The van der Waals surface area contributed by atoms with Gasteiger partial charge in [0, 0.05) is 12.6 Å². The average Bonchev–Trinajstić information content (AvgIpc) is 2.98. The number of imidazole rings is 2. The van der Waals surface area contributed by atoms with Crippen molar-refractivity contribution in [3.63, 3.8) is 0 Å². The second kappa shape index (κ2) is 4.21. The Labute approximate surface area is 124 Å². The first-order valence-electron chi connectivity index (χ1n) is 6.44. The van der Waals surface area contributed by atoms with Crippen LogP contribution in [0.15, 0.2) is 59.3 Å². The van der Waals surface area contributed by atoms with E-state index in [1.165, 1.54) is 5.52 Å². The minimum Gasteiger partial charge on any atom is -0.327 e. The van der Waals surface area contributed by atoms with Crippen LogP contribution in [-0.4, -0.2) is 14.0 Å². The third kappa shape index (κ3) is 1.48. The number of nitrogens with zero attached hydrogens (tertiary/aromatic N) is 3. The highest BCUT2D eigenvalue weighted by molar-refractivity contribution is 9.10. The van der Waals surface area contributed by atoms with Crippen LogP contribution in [0, 0.1) is 0 Å². The number of aryl methyl sites for hydroxylation is 1. The van der Waals surface area contributed by atoms with E-state index in [0.717, 1.165) is 27.2 Å². The van der Waals surface area contributed by atoms with Gasteiger partial charge in [-0.15, -0.1) is 0 Å². The highest BCUT2D eigenvalue weighted by atomic mass is 79.9. The predicted octanol–water partition coefficient (Wildman–Crippen LogP) is 4.26. The number of halogens is 1. The molecule has 0 aliphatic rings. The summed E-state index contributed by atoms with van der Waals surface area (Å²) in [6.45, 7) is 0. The van der Waals surface area contributed by atoms with E-state index in [4.69, 9.17) is 0 Å². The molecule has 0 radical (unpaired) electrons. The topological polar surface area (TPSA) is 22.2 Å². The van der Waals surface area contributed by atoms with Crippen LogP contribution in [0.1, 0.15) is 0 Å². The van der Waals surface area contributed by atoms with Crippen molar-refractivity contribution in [2.45, 2.75) is 0 Å². The zero-order valence-electron chi connectivity index (χ0n) is 10.9. The Balaban J connectivity index is 2.19. The summed E-state index contributed by atoms with van der Waals surface area (Å²) in [5, 5.41) is 0. The molecule has 0 atom stereocenters. The van der Waals surface area contributed by atoms with Gasteiger partial charge < -0.3 is 4.57 Å². The second-order valence-electron chi connectivity index (χ2n) is 4.80. The molecule has 2 heterocycles. The van der Waals surface area contributed by atoms with Crippen molar-refractivity contribution in [1.29, 1.82) is 0 Å². The quantitative estimate of drug-likeness (QED) is 0.512. The predicted molar refractivity (Wildman–Crippen MR) is 84.8 cm³/mol. The first kappa shape index (κ1) is 11.7. The molecule has 0 spiro atoms. The zero-order chi connectivity index (χ0) is 13.7. The van der Waals surface area contributed by atoms with Gasteiger partial charge in [-0.3, -0.25) is 4.40 Å². The summed E-state index contributed by atoms with van der Waals surface area (Å²) in [5.41, 5.74) is 5.58. The molecule has 0 fully saturated rings. The maximum atomic E-state index is 4.69. The number of rotatable bonds is 1. The molecule has 0 unspecified atom stereocenters. The van der Waals surface area contributed by atoms with E-state index >= 15 is 0 Å². The summed E-state index contributed by atoms with van der Waals surface area (Å²) >= 11 is 3.59. The van der Waals surface area contributed by atoms with Gasteiger partial charge in [-0.05, 0) is 28.1 Å². The molecule has 20 heavy (non-hydrogen) atoms. The van der Waals surface area contributed by atoms with Crippen molar-refractivity contribution >= 4 is 32.6 Å². The Morgan fingerprint density at radius 3 is 2.30 bits per heavy atom. The lowest BCUT2D eigenvalue weighted by atomic mass is 10.2. The Kier molecular flexibility index (Phi) is 2.47. The normalized spacial score (nSPS) is 11.5. The molecule has 4 rings (SSSR count). The molecule has 3 nitrogen and oxygen atoms in total. The Morgan fingerprint density at radius 2 is 1.55 bits per heavy atom. The van der Waals surface area contributed by atoms with Crippen LogP contribution < -0.4 is 0 Å². The smallest absolute Gasteiger partial charge is 0.184 e. The van der Waals surface area contributed by atoms with Crippen molar-refractivity contribution in [1.82, 2.24) is 14.0 Å². The van der Waals surface area contributed by atoms with E-state index in [1.807, 2.05) is 18.2 Å². The lowest BCUT2D eigenvalue weighted by Gasteiger charge is -1.99. The number of aromatic nitrogens is 3. The molecule has 4 heteroatoms. The molecular weight excluding hydrogens is 314 g/mol. The first-order valence-corrected chi connectivity index (χ1v) is 7.23. The lowest BCUT2D eigenvalue weighted by molar-refractivity contribution is 0.992. The largest absolute Gasteiger partial charge is 0.327 e. The van der Waals surface area contributed by atoms with Crippen molar-refractivity contribution in [3.05, 3.63) is 59.3 Å². The molecule has 0 amide bonds. The molecule has 0 aliphatic carbocycles. The van der Waals surface area contributed by atoms with Gasteiger partial charge in [-0.2, -0.15) is 0 Å². The summed E-state index contributed by atoms with van der Waals surface area (Å²) in [6, 6.07) is 18.6. The zero-order valence-corrected chi connectivity index (χ0v) is 12.5. The molecule has 0 N–H and O–H groups in total. The molecule has 0 saturated heterocycles. The lowest BCUT2D eigenvalue weighted by Crippen LogP contribution is -1.89. The highest BCUT2D eigenvalue weighted by Gasteiger charge is 2.18. The fraction of sp³-hybridized carbons (Fsp3) is 0.0625. The summed E-state index contributed by atoms with van der Waals surface area (Å²) in [7, 11) is 2.08. The standard InChI is InChI=1S/C16H12BrN3/c1-19-12-9-5-6-10-13(12)20-15(19)14(18-16(20)17)11-7-3-2-4-8-11/h2-10H,1H3. The Hall–Kier alpha value is -2.07. The van der Waals surface area contributed by atoms with Gasteiger partial charge in [0.05, 0.1) is 11.0 Å². The summed E-state index contributed by atoms with van der Waals surface area (Å²) in [6.07, 6.45) is 0. The van der Waals surface area contributed by atoms with Gasteiger partial charge >= 0.3 is 0 Å². The number of fused-ring (bicyclic) bond motifs is 3. The van der Waals surface area contributed by atoms with E-state index < -0.39 is 0 Å². The molecular formula is C16H12BrN3. The summed E-state index contributed by atoms with van der Waals surface area (Å²) in [5.74, 6) is 0. The number of benzene rings is 2. The fourth-order valence-corrected chi connectivity index (χ4v) is 3.28. The fourth-order valence-electron chi connectivity index (χ4n) is 2.75. The van der Waals surface area contributed by atoms with Crippen molar-refractivity contribution in [3.8, 4) is 11.3 Å². The van der Waals surface area contributed by atoms with Gasteiger partial charge in [0.15, 0.2) is 4.73 Å². The first-order chi connectivity index (χ1) is 9.77. The third-order valence-corrected chi connectivity index (χ3v) is 4.19. The van der Waals surface area contributed by atoms with E-state index in [2.05, 4.69) is 73.3 Å². The average molecular weight is 326 g/mol. The molecule has 0 bridgehead atoms. The molecule has 0 saturated carbocycles. The van der Waals surface area contributed by atoms with Crippen LogP contribution in [0.3, 0.4) is 0 Å². The number of para-hydroxylation sites is 2. The monoisotopic (exact) mass is 325 g/mol. The second-order valence-corrected chi connectivity index (χ2v) is 5.51. The van der Waals surface area contributed by atoms with E-state index in [9.17, 15) is 0 Å². The van der Waals surface area contributed by atoms with Crippen LogP contribution in [0.2, 0.25) is 0 Å². The van der Waals surface area contributed by atoms with Gasteiger partial charge in [-0.1, -0.05) is 42.5 Å².